The average molecular weight is 405 g/mol. The molecule has 4 rings (SSSR count). The molecule has 0 aliphatic rings. The van der Waals surface area contributed by atoms with E-state index in [2.05, 4.69) is 10.3 Å². The van der Waals surface area contributed by atoms with Gasteiger partial charge in [0.15, 0.2) is 0 Å². The maximum atomic E-state index is 12.9. The van der Waals surface area contributed by atoms with E-state index >= 15 is 0 Å². The fraction of sp³-hybridized carbons (Fsp3) is 0.136. The number of fused-ring (bicyclic) bond motifs is 1. The number of benzene rings is 2. The Hall–Kier alpha value is -3.45. The van der Waals surface area contributed by atoms with Crippen molar-refractivity contribution in [3.63, 3.8) is 0 Å². The summed E-state index contributed by atoms with van der Waals surface area (Å²) >= 11 is 1.46. The molecular formula is C22H19N3O3S. The molecule has 0 aliphatic carbocycles. The number of ether oxygens (including phenoxy) is 1. The number of anilines is 1. The van der Waals surface area contributed by atoms with Crippen LogP contribution >= 0.6 is 11.3 Å². The maximum absolute atomic E-state index is 12.9. The molecule has 0 radical (unpaired) electrons. The zero-order valence-corrected chi connectivity index (χ0v) is 16.6. The van der Waals surface area contributed by atoms with Crippen molar-refractivity contribution in [1.29, 1.82) is 0 Å². The topological polar surface area (TPSA) is 73.2 Å². The molecule has 0 spiro atoms. The first kappa shape index (κ1) is 18.9. The molecule has 0 bridgehead atoms. The van der Waals surface area contributed by atoms with Gasteiger partial charge in [-0.3, -0.25) is 14.2 Å². The number of hydrogen-bond acceptors (Lipinski definition) is 5. The second kappa shape index (κ2) is 8.28. The van der Waals surface area contributed by atoms with Crippen molar-refractivity contribution in [3.05, 3.63) is 77.3 Å². The molecular weight excluding hydrogens is 386 g/mol. The summed E-state index contributed by atoms with van der Waals surface area (Å²) in [5.74, 6) is 0.272. The zero-order valence-electron chi connectivity index (χ0n) is 15.8. The van der Waals surface area contributed by atoms with Gasteiger partial charge in [-0.1, -0.05) is 42.5 Å². The first-order valence-corrected chi connectivity index (χ1v) is 10.0. The molecule has 0 saturated heterocycles. The molecule has 1 N–H and O–H groups in total. The summed E-state index contributed by atoms with van der Waals surface area (Å²) in [6, 6.07) is 18.9. The number of hydrogen-bond donors (Lipinski definition) is 1. The summed E-state index contributed by atoms with van der Waals surface area (Å²) in [6.07, 6.45) is 1.42. The lowest BCUT2D eigenvalue weighted by molar-refractivity contribution is -0.116. The van der Waals surface area contributed by atoms with E-state index in [4.69, 9.17) is 4.74 Å². The molecule has 146 valence electrons. The molecule has 0 fully saturated rings. The second-order valence-electron chi connectivity index (χ2n) is 6.35. The van der Waals surface area contributed by atoms with Gasteiger partial charge >= 0.3 is 0 Å². The zero-order chi connectivity index (χ0) is 20.2. The Kier molecular flexibility index (Phi) is 5.39. The SMILES string of the molecule is CCOc1ccccc1NC(=O)Cn1cnc2sc(-c3ccccc3)cc2c1=O. The molecule has 6 nitrogen and oxygen atoms in total. The van der Waals surface area contributed by atoms with Crippen molar-refractivity contribution < 1.29 is 9.53 Å². The summed E-state index contributed by atoms with van der Waals surface area (Å²) in [5.41, 5.74) is 1.37. The third kappa shape index (κ3) is 4.05. The van der Waals surface area contributed by atoms with Gasteiger partial charge in [0, 0.05) is 4.88 Å². The lowest BCUT2D eigenvalue weighted by Gasteiger charge is -2.11. The van der Waals surface area contributed by atoms with E-state index in [9.17, 15) is 9.59 Å². The highest BCUT2D eigenvalue weighted by molar-refractivity contribution is 7.21. The van der Waals surface area contributed by atoms with Crippen LogP contribution in [0.1, 0.15) is 6.92 Å². The Morgan fingerprint density at radius 3 is 2.69 bits per heavy atom. The number of amides is 1. The van der Waals surface area contributed by atoms with Crippen LogP contribution in [0.2, 0.25) is 0 Å². The number of thiophene rings is 1. The molecule has 2 aromatic carbocycles. The van der Waals surface area contributed by atoms with E-state index in [-0.39, 0.29) is 18.0 Å². The molecule has 29 heavy (non-hydrogen) atoms. The third-order valence-corrected chi connectivity index (χ3v) is 5.44. The fourth-order valence-electron chi connectivity index (χ4n) is 3.01. The standard InChI is InChI=1S/C22H19N3O3S/c1-2-28-18-11-7-6-10-17(18)24-20(26)13-25-14-23-21-16(22(25)27)12-19(29-21)15-8-4-3-5-9-15/h3-12,14H,2,13H2,1H3,(H,24,26). The van der Waals surface area contributed by atoms with Crippen molar-refractivity contribution in [2.24, 2.45) is 0 Å². The predicted molar refractivity (Wildman–Crippen MR) is 116 cm³/mol. The van der Waals surface area contributed by atoms with Gasteiger partial charge in [0.05, 0.1) is 24.0 Å². The molecule has 0 saturated carbocycles. The Bertz CT molecular complexity index is 1210. The highest BCUT2D eigenvalue weighted by Gasteiger charge is 2.13. The number of nitrogens with zero attached hydrogens (tertiary/aromatic N) is 2. The fourth-order valence-corrected chi connectivity index (χ4v) is 4.01. The maximum Gasteiger partial charge on any atom is 0.262 e. The minimum absolute atomic E-state index is 0.126. The van der Waals surface area contributed by atoms with Gasteiger partial charge in [0.2, 0.25) is 5.91 Å². The average Bonchev–Trinajstić information content (AvgIpc) is 3.18. The van der Waals surface area contributed by atoms with Gasteiger partial charge in [-0.05, 0) is 30.7 Å². The van der Waals surface area contributed by atoms with Gasteiger partial charge in [0.25, 0.3) is 5.56 Å². The number of carbonyl (C=O) groups is 1. The highest BCUT2D eigenvalue weighted by atomic mass is 32.1. The Labute approximate surface area is 171 Å². The van der Waals surface area contributed by atoms with E-state index in [0.717, 1.165) is 10.4 Å². The number of nitrogens with one attached hydrogen (secondary N) is 1. The van der Waals surface area contributed by atoms with E-state index < -0.39 is 0 Å². The van der Waals surface area contributed by atoms with Crippen LogP contribution in [0, 0.1) is 0 Å². The van der Waals surface area contributed by atoms with Crippen molar-refractivity contribution in [1.82, 2.24) is 9.55 Å². The van der Waals surface area contributed by atoms with Gasteiger partial charge in [-0.15, -0.1) is 11.3 Å². The second-order valence-corrected chi connectivity index (χ2v) is 7.38. The summed E-state index contributed by atoms with van der Waals surface area (Å²) in [4.78, 5) is 31.4. The molecule has 2 heterocycles. The molecule has 0 aliphatic heterocycles. The van der Waals surface area contributed by atoms with Gasteiger partial charge in [0.1, 0.15) is 17.1 Å². The number of aromatic nitrogens is 2. The van der Waals surface area contributed by atoms with Gasteiger partial charge in [-0.2, -0.15) is 0 Å². The number of para-hydroxylation sites is 2. The van der Waals surface area contributed by atoms with Crippen molar-refractivity contribution >= 4 is 33.1 Å². The van der Waals surface area contributed by atoms with Crippen LogP contribution in [-0.2, 0) is 11.3 Å². The molecule has 0 unspecified atom stereocenters. The van der Waals surface area contributed by atoms with Gasteiger partial charge < -0.3 is 10.1 Å². The smallest absolute Gasteiger partial charge is 0.262 e. The van der Waals surface area contributed by atoms with Gasteiger partial charge in [-0.25, -0.2) is 4.98 Å². The summed E-state index contributed by atoms with van der Waals surface area (Å²) in [7, 11) is 0. The quantitative estimate of drug-likeness (QED) is 0.523. The minimum Gasteiger partial charge on any atom is -0.492 e. The number of rotatable bonds is 6. The Morgan fingerprint density at radius 1 is 1.14 bits per heavy atom. The monoisotopic (exact) mass is 405 g/mol. The molecule has 7 heteroatoms. The van der Waals surface area contributed by atoms with Crippen LogP contribution in [0.3, 0.4) is 0 Å². The lowest BCUT2D eigenvalue weighted by Crippen LogP contribution is -2.27. The van der Waals surface area contributed by atoms with Crippen LogP contribution in [0.4, 0.5) is 5.69 Å². The predicted octanol–water partition coefficient (Wildman–Crippen LogP) is 4.16. The summed E-state index contributed by atoms with van der Waals surface area (Å²) < 4.78 is 6.84. The first-order valence-electron chi connectivity index (χ1n) is 9.22. The third-order valence-electron chi connectivity index (χ3n) is 4.35. The van der Waals surface area contributed by atoms with Crippen LogP contribution in [0.15, 0.2) is 71.8 Å². The van der Waals surface area contributed by atoms with E-state index in [1.807, 2.05) is 55.5 Å². The molecule has 1 amide bonds. The van der Waals surface area contributed by atoms with Crippen molar-refractivity contribution in [3.8, 4) is 16.2 Å². The van der Waals surface area contributed by atoms with E-state index in [1.165, 1.54) is 22.2 Å². The van der Waals surface area contributed by atoms with Crippen molar-refractivity contribution in [2.75, 3.05) is 11.9 Å². The Morgan fingerprint density at radius 2 is 1.90 bits per heavy atom. The first-order chi connectivity index (χ1) is 14.2. The van der Waals surface area contributed by atoms with E-state index in [0.29, 0.717) is 28.3 Å². The summed E-state index contributed by atoms with van der Waals surface area (Å²) in [5, 5.41) is 3.31. The Balaban J connectivity index is 1.58. The van der Waals surface area contributed by atoms with Crippen LogP contribution in [0.5, 0.6) is 5.75 Å². The summed E-state index contributed by atoms with van der Waals surface area (Å²) in [6.45, 7) is 2.25. The largest absolute Gasteiger partial charge is 0.492 e. The van der Waals surface area contributed by atoms with Crippen LogP contribution in [0.25, 0.3) is 20.7 Å². The van der Waals surface area contributed by atoms with E-state index in [1.54, 1.807) is 12.1 Å². The molecule has 0 atom stereocenters. The molecule has 2 aromatic heterocycles. The van der Waals surface area contributed by atoms with Crippen LogP contribution in [-0.4, -0.2) is 22.1 Å². The normalized spacial score (nSPS) is 10.8. The van der Waals surface area contributed by atoms with Crippen LogP contribution < -0.4 is 15.6 Å². The molecule has 4 aromatic rings. The highest BCUT2D eigenvalue weighted by Crippen LogP contribution is 2.30. The minimum atomic E-state index is -0.320. The number of carbonyl (C=O) groups excluding carboxylic acids is 1. The van der Waals surface area contributed by atoms with Crippen molar-refractivity contribution in [2.45, 2.75) is 13.5 Å². The lowest BCUT2D eigenvalue weighted by atomic mass is 10.2.